The Balaban J connectivity index is 1.64. The molecular formula is C15H17N3O3. The third kappa shape index (κ3) is 2.96. The first-order valence-corrected chi connectivity index (χ1v) is 6.90. The number of amides is 1. The van der Waals surface area contributed by atoms with Gasteiger partial charge in [-0.05, 0) is 37.1 Å². The van der Waals surface area contributed by atoms with Gasteiger partial charge in [-0.3, -0.25) is 15.2 Å². The Morgan fingerprint density at radius 2 is 2.29 bits per heavy atom. The smallest absolute Gasteiger partial charge is 0.263 e. The molecule has 2 heterocycles. The fourth-order valence-electron chi connectivity index (χ4n) is 2.50. The van der Waals surface area contributed by atoms with E-state index < -0.39 is 6.10 Å². The van der Waals surface area contributed by atoms with Crippen LogP contribution in [0.1, 0.15) is 12.8 Å². The van der Waals surface area contributed by atoms with Crippen molar-refractivity contribution in [1.82, 2.24) is 10.4 Å². The number of hydrazine groups is 1. The first kappa shape index (κ1) is 13.8. The normalized spacial score (nSPS) is 21.4. The molecule has 0 bridgehead atoms. The highest BCUT2D eigenvalue weighted by Crippen LogP contribution is 2.26. The lowest BCUT2D eigenvalue weighted by Crippen LogP contribution is -2.39. The molecule has 3 N–H and O–H groups in total. The molecule has 0 aliphatic carbocycles. The van der Waals surface area contributed by atoms with Crippen molar-refractivity contribution in [3.05, 3.63) is 36.5 Å². The molecule has 3 rings (SSSR count). The second kappa shape index (κ2) is 6.07. The van der Waals surface area contributed by atoms with Gasteiger partial charge in [-0.2, -0.15) is 0 Å². The highest BCUT2D eigenvalue weighted by atomic mass is 16.5. The molecule has 1 saturated heterocycles. The minimum atomic E-state index is -0.474. The van der Waals surface area contributed by atoms with E-state index in [1.807, 2.05) is 30.3 Å². The van der Waals surface area contributed by atoms with Gasteiger partial charge in [0.05, 0.1) is 11.6 Å². The van der Waals surface area contributed by atoms with Crippen LogP contribution in [-0.4, -0.2) is 29.7 Å². The average Bonchev–Trinajstić information content (AvgIpc) is 3.01. The number of ether oxygens (including phenoxy) is 2. The number of carbonyl (C=O) groups excluding carboxylic acids is 1. The summed E-state index contributed by atoms with van der Waals surface area (Å²) in [5.74, 6) is 5.60. The summed E-state index contributed by atoms with van der Waals surface area (Å²) in [5, 5.41) is 0.967. The molecule has 1 aliphatic rings. The second-order valence-corrected chi connectivity index (χ2v) is 4.97. The Bertz CT molecular complexity index is 642. The van der Waals surface area contributed by atoms with Gasteiger partial charge in [-0.1, -0.05) is 6.07 Å². The topological polar surface area (TPSA) is 86.5 Å². The van der Waals surface area contributed by atoms with E-state index in [9.17, 15) is 4.79 Å². The van der Waals surface area contributed by atoms with E-state index in [1.165, 1.54) is 0 Å². The van der Waals surface area contributed by atoms with Crippen LogP contribution in [0.4, 0.5) is 0 Å². The van der Waals surface area contributed by atoms with Crippen molar-refractivity contribution in [2.75, 3.05) is 6.61 Å². The molecule has 6 nitrogen and oxygen atoms in total. The molecule has 2 aromatic rings. The largest absolute Gasteiger partial charge is 0.490 e. The summed E-state index contributed by atoms with van der Waals surface area (Å²) in [6.07, 6.45) is 2.62. The van der Waals surface area contributed by atoms with Crippen LogP contribution in [0.5, 0.6) is 5.75 Å². The van der Waals surface area contributed by atoms with E-state index in [1.54, 1.807) is 6.20 Å². The number of pyridine rings is 1. The van der Waals surface area contributed by atoms with Crippen LogP contribution < -0.4 is 16.0 Å². The summed E-state index contributed by atoms with van der Waals surface area (Å²) in [5.41, 5.74) is 3.00. The number of hydrogen-bond acceptors (Lipinski definition) is 5. The molecule has 6 heteroatoms. The van der Waals surface area contributed by atoms with Crippen molar-refractivity contribution in [1.29, 1.82) is 0 Å². The maximum Gasteiger partial charge on any atom is 0.263 e. The molecular weight excluding hydrogens is 270 g/mol. The molecule has 1 amide bonds. The van der Waals surface area contributed by atoms with Crippen LogP contribution in [0.15, 0.2) is 36.5 Å². The van der Waals surface area contributed by atoms with Gasteiger partial charge in [0.2, 0.25) is 0 Å². The number of rotatable bonds is 4. The number of benzene rings is 1. The highest BCUT2D eigenvalue weighted by Gasteiger charge is 2.30. The monoisotopic (exact) mass is 287 g/mol. The van der Waals surface area contributed by atoms with E-state index in [-0.39, 0.29) is 12.0 Å². The third-order valence-corrected chi connectivity index (χ3v) is 3.57. The Labute approximate surface area is 122 Å². The number of fused-ring (bicyclic) bond motifs is 1. The molecule has 1 aromatic heterocycles. The standard InChI is InChI=1S/C15H17N3O3/c16-18-15(19)14-7-6-10(21-14)9-20-13-5-1-4-12-11(13)3-2-8-17-12/h1-5,8,10,14H,6-7,9,16H2,(H,18,19). The van der Waals surface area contributed by atoms with Gasteiger partial charge in [-0.25, -0.2) is 5.84 Å². The zero-order chi connectivity index (χ0) is 14.7. The third-order valence-electron chi connectivity index (χ3n) is 3.57. The first-order valence-electron chi connectivity index (χ1n) is 6.90. The van der Waals surface area contributed by atoms with Crippen LogP contribution >= 0.6 is 0 Å². The zero-order valence-electron chi connectivity index (χ0n) is 11.5. The quantitative estimate of drug-likeness (QED) is 0.500. The Kier molecular flexibility index (Phi) is 3.98. The molecule has 0 spiro atoms. The van der Waals surface area contributed by atoms with E-state index >= 15 is 0 Å². The van der Waals surface area contributed by atoms with Crippen LogP contribution in [0, 0.1) is 0 Å². The van der Waals surface area contributed by atoms with Gasteiger partial charge >= 0.3 is 0 Å². The van der Waals surface area contributed by atoms with Crippen molar-refractivity contribution in [2.24, 2.45) is 5.84 Å². The summed E-state index contributed by atoms with van der Waals surface area (Å²) in [7, 11) is 0. The minimum Gasteiger partial charge on any atom is -0.490 e. The number of nitrogens with zero attached hydrogens (tertiary/aromatic N) is 1. The SMILES string of the molecule is NNC(=O)C1CCC(COc2cccc3ncccc23)O1. The number of aromatic nitrogens is 1. The number of hydrogen-bond donors (Lipinski definition) is 2. The van der Waals surface area contributed by atoms with Crippen molar-refractivity contribution in [3.63, 3.8) is 0 Å². The van der Waals surface area contributed by atoms with Gasteiger partial charge in [0.25, 0.3) is 5.91 Å². The summed E-state index contributed by atoms with van der Waals surface area (Å²) in [6, 6.07) is 9.60. The van der Waals surface area contributed by atoms with Crippen molar-refractivity contribution in [2.45, 2.75) is 25.0 Å². The molecule has 0 saturated carbocycles. The van der Waals surface area contributed by atoms with Crippen LogP contribution in [-0.2, 0) is 9.53 Å². The maximum atomic E-state index is 11.4. The zero-order valence-corrected chi connectivity index (χ0v) is 11.5. The lowest BCUT2D eigenvalue weighted by Gasteiger charge is -2.14. The van der Waals surface area contributed by atoms with Crippen molar-refractivity contribution >= 4 is 16.8 Å². The fraction of sp³-hybridized carbons (Fsp3) is 0.333. The van der Waals surface area contributed by atoms with Gasteiger partial charge in [0.15, 0.2) is 0 Å². The average molecular weight is 287 g/mol. The Morgan fingerprint density at radius 3 is 3.14 bits per heavy atom. The molecule has 0 radical (unpaired) electrons. The second-order valence-electron chi connectivity index (χ2n) is 4.97. The fourth-order valence-corrected chi connectivity index (χ4v) is 2.50. The lowest BCUT2D eigenvalue weighted by atomic mass is 10.2. The molecule has 21 heavy (non-hydrogen) atoms. The predicted octanol–water partition coefficient (Wildman–Crippen LogP) is 1.15. The Hall–Kier alpha value is -2.18. The van der Waals surface area contributed by atoms with Crippen LogP contribution in [0.2, 0.25) is 0 Å². The molecule has 1 aliphatic heterocycles. The van der Waals surface area contributed by atoms with E-state index in [0.29, 0.717) is 13.0 Å². The highest BCUT2D eigenvalue weighted by molar-refractivity contribution is 5.84. The summed E-state index contributed by atoms with van der Waals surface area (Å²) >= 11 is 0. The van der Waals surface area contributed by atoms with Crippen molar-refractivity contribution in [3.8, 4) is 5.75 Å². The lowest BCUT2D eigenvalue weighted by molar-refractivity contribution is -0.132. The van der Waals surface area contributed by atoms with Gasteiger partial charge in [-0.15, -0.1) is 0 Å². The summed E-state index contributed by atoms with van der Waals surface area (Å²) in [4.78, 5) is 15.7. The molecule has 110 valence electrons. The number of carbonyl (C=O) groups is 1. The molecule has 2 unspecified atom stereocenters. The van der Waals surface area contributed by atoms with Crippen LogP contribution in [0.25, 0.3) is 10.9 Å². The predicted molar refractivity (Wildman–Crippen MR) is 77.5 cm³/mol. The molecule has 2 atom stereocenters. The van der Waals surface area contributed by atoms with Crippen LogP contribution in [0.3, 0.4) is 0 Å². The van der Waals surface area contributed by atoms with E-state index in [4.69, 9.17) is 15.3 Å². The number of nitrogens with one attached hydrogen (secondary N) is 1. The number of nitrogens with two attached hydrogens (primary N) is 1. The summed E-state index contributed by atoms with van der Waals surface area (Å²) < 4.78 is 11.5. The van der Waals surface area contributed by atoms with E-state index in [2.05, 4.69) is 10.4 Å². The van der Waals surface area contributed by atoms with Gasteiger partial charge < -0.3 is 9.47 Å². The Morgan fingerprint density at radius 1 is 1.38 bits per heavy atom. The van der Waals surface area contributed by atoms with E-state index in [0.717, 1.165) is 23.1 Å². The molecule has 1 aromatic carbocycles. The van der Waals surface area contributed by atoms with Crippen molar-refractivity contribution < 1.29 is 14.3 Å². The molecule has 1 fully saturated rings. The summed E-state index contributed by atoms with van der Waals surface area (Å²) in [6.45, 7) is 0.405. The van der Waals surface area contributed by atoms with Gasteiger partial charge in [0.1, 0.15) is 18.5 Å². The maximum absolute atomic E-state index is 11.4. The minimum absolute atomic E-state index is 0.0979. The van der Waals surface area contributed by atoms with Gasteiger partial charge in [0, 0.05) is 11.6 Å². The first-order chi connectivity index (χ1) is 10.3.